The highest BCUT2D eigenvalue weighted by Crippen LogP contribution is 2.31. The molecule has 0 bridgehead atoms. The molecule has 1 saturated heterocycles. The summed E-state index contributed by atoms with van der Waals surface area (Å²) in [6.45, 7) is 4.78. The van der Waals surface area contributed by atoms with Crippen molar-refractivity contribution in [3.8, 4) is 5.75 Å². The van der Waals surface area contributed by atoms with Gasteiger partial charge in [-0.15, -0.1) is 0 Å². The number of carbonyl (C=O) groups is 1. The second kappa shape index (κ2) is 9.91. The van der Waals surface area contributed by atoms with Crippen LogP contribution >= 0.6 is 0 Å². The van der Waals surface area contributed by atoms with Gasteiger partial charge in [-0.3, -0.25) is 4.79 Å². The van der Waals surface area contributed by atoms with E-state index >= 15 is 0 Å². The van der Waals surface area contributed by atoms with Crippen molar-refractivity contribution in [2.24, 2.45) is 0 Å². The average molecular weight is 425 g/mol. The summed E-state index contributed by atoms with van der Waals surface area (Å²) >= 11 is 0. The molecule has 1 heterocycles. The van der Waals surface area contributed by atoms with E-state index in [1.54, 1.807) is 12.1 Å². The third kappa shape index (κ3) is 5.93. The highest BCUT2D eigenvalue weighted by atomic mass is 32.2. The van der Waals surface area contributed by atoms with E-state index in [0.717, 1.165) is 44.9 Å². The number of benzene rings is 1. The Balaban J connectivity index is 1.76. The van der Waals surface area contributed by atoms with Crippen molar-refractivity contribution in [3.05, 3.63) is 18.2 Å². The molecule has 7 nitrogen and oxygen atoms in total. The number of ether oxygens (including phenoxy) is 2. The van der Waals surface area contributed by atoms with Crippen LogP contribution in [0.15, 0.2) is 23.1 Å². The number of hydrogen-bond donors (Lipinski definition) is 1. The summed E-state index contributed by atoms with van der Waals surface area (Å²) in [6, 6.07) is 4.66. The zero-order chi connectivity index (χ0) is 20.9. The minimum Gasteiger partial charge on any atom is -0.489 e. The van der Waals surface area contributed by atoms with Crippen LogP contribution in [0.25, 0.3) is 0 Å². The molecule has 2 fully saturated rings. The van der Waals surface area contributed by atoms with E-state index in [1.807, 2.05) is 13.8 Å². The van der Waals surface area contributed by atoms with E-state index in [-0.39, 0.29) is 29.6 Å². The Morgan fingerprint density at radius 3 is 2.48 bits per heavy atom. The van der Waals surface area contributed by atoms with Gasteiger partial charge in [-0.1, -0.05) is 19.3 Å². The molecule has 1 aromatic carbocycles. The van der Waals surface area contributed by atoms with E-state index < -0.39 is 10.0 Å². The molecule has 1 saturated carbocycles. The predicted octanol–water partition coefficient (Wildman–Crippen LogP) is 3.55. The number of anilines is 1. The van der Waals surface area contributed by atoms with Crippen molar-refractivity contribution in [1.29, 1.82) is 0 Å². The number of amides is 1. The molecule has 8 heteroatoms. The molecular weight excluding hydrogens is 392 g/mol. The lowest BCUT2D eigenvalue weighted by Crippen LogP contribution is -2.35. The fraction of sp³-hybridized carbons (Fsp3) is 0.667. The van der Waals surface area contributed by atoms with Crippen molar-refractivity contribution in [3.63, 3.8) is 0 Å². The topological polar surface area (TPSA) is 84.9 Å². The van der Waals surface area contributed by atoms with Crippen LogP contribution < -0.4 is 10.1 Å². The number of rotatable bonds is 8. The van der Waals surface area contributed by atoms with Crippen LogP contribution in [0.1, 0.15) is 58.8 Å². The van der Waals surface area contributed by atoms with Crippen LogP contribution in [0, 0.1) is 0 Å². The molecule has 162 valence electrons. The second-order valence-corrected chi connectivity index (χ2v) is 9.99. The Morgan fingerprint density at radius 1 is 1.14 bits per heavy atom. The minimum absolute atomic E-state index is 0.0467. The molecule has 2 aliphatic rings. The number of hydrogen-bond acceptors (Lipinski definition) is 5. The molecule has 0 spiro atoms. The van der Waals surface area contributed by atoms with Gasteiger partial charge < -0.3 is 14.8 Å². The number of carbonyl (C=O) groups excluding carboxylic acids is 1. The van der Waals surface area contributed by atoms with E-state index in [9.17, 15) is 13.2 Å². The Hall–Kier alpha value is -1.64. The smallest absolute Gasteiger partial charge is 0.250 e. The summed E-state index contributed by atoms with van der Waals surface area (Å²) in [6.07, 6.45) is 7.06. The zero-order valence-corrected chi connectivity index (χ0v) is 18.2. The predicted molar refractivity (Wildman–Crippen MR) is 112 cm³/mol. The van der Waals surface area contributed by atoms with Crippen LogP contribution in [0.2, 0.25) is 0 Å². The van der Waals surface area contributed by atoms with Crippen molar-refractivity contribution < 1.29 is 22.7 Å². The summed E-state index contributed by atoms with van der Waals surface area (Å²) in [4.78, 5) is 12.6. The quantitative estimate of drug-likeness (QED) is 0.690. The number of sulfonamides is 1. The zero-order valence-electron chi connectivity index (χ0n) is 17.4. The van der Waals surface area contributed by atoms with Crippen LogP contribution in [0.5, 0.6) is 5.75 Å². The third-order valence-corrected chi connectivity index (χ3v) is 7.19. The molecule has 1 amide bonds. The molecule has 1 aliphatic heterocycles. The highest BCUT2D eigenvalue weighted by molar-refractivity contribution is 7.89. The van der Waals surface area contributed by atoms with E-state index in [0.29, 0.717) is 24.5 Å². The first-order valence-corrected chi connectivity index (χ1v) is 12.0. The first kappa shape index (κ1) is 22.1. The molecule has 0 unspecified atom stereocenters. The maximum absolute atomic E-state index is 13.0. The van der Waals surface area contributed by atoms with Gasteiger partial charge in [-0.05, 0) is 57.7 Å². The molecular formula is C21H32N2O5S. The van der Waals surface area contributed by atoms with E-state index in [2.05, 4.69) is 5.32 Å². The van der Waals surface area contributed by atoms with Crippen LogP contribution in [-0.4, -0.2) is 50.5 Å². The second-order valence-electron chi connectivity index (χ2n) is 8.05. The molecule has 0 radical (unpaired) electrons. The number of nitrogens with one attached hydrogen (secondary N) is 1. The molecule has 1 N–H and O–H groups in total. The Bertz CT molecular complexity index is 797. The third-order valence-electron chi connectivity index (χ3n) is 5.29. The Labute approximate surface area is 173 Å². The van der Waals surface area contributed by atoms with Gasteiger partial charge in [0, 0.05) is 13.1 Å². The van der Waals surface area contributed by atoms with Crippen molar-refractivity contribution in [2.75, 3.05) is 25.0 Å². The van der Waals surface area contributed by atoms with Crippen LogP contribution in [-0.2, 0) is 19.6 Å². The lowest BCUT2D eigenvalue weighted by Gasteiger charge is -2.26. The Morgan fingerprint density at radius 2 is 1.83 bits per heavy atom. The molecule has 0 aromatic heterocycles. The summed E-state index contributed by atoms with van der Waals surface area (Å²) in [5, 5.41) is 2.78. The van der Waals surface area contributed by atoms with Crippen molar-refractivity contribution >= 4 is 21.6 Å². The largest absolute Gasteiger partial charge is 0.489 e. The fourth-order valence-corrected chi connectivity index (χ4v) is 5.36. The lowest BCUT2D eigenvalue weighted by atomic mass is 10.2. The molecule has 3 rings (SSSR count). The molecule has 1 aliphatic carbocycles. The minimum atomic E-state index is -3.60. The summed E-state index contributed by atoms with van der Waals surface area (Å²) in [5.41, 5.74) is 0.358. The van der Waals surface area contributed by atoms with Crippen molar-refractivity contribution in [2.45, 2.75) is 75.9 Å². The van der Waals surface area contributed by atoms with Crippen molar-refractivity contribution in [1.82, 2.24) is 4.31 Å². The summed E-state index contributed by atoms with van der Waals surface area (Å²) in [5.74, 6) is 0.143. The van der Waals surface area contributed by atoms with Gasteiger partial charge in [0.05, 0.1) is 22.8 Å². The SMILES string of the molecule is CC(C)Oc1ccc(S(=O)(=O)N2CCCCC2)cc1NC(=O)COC1CCCC1. The number of nitrogens with zero attached hydrogens (tertiary/aromatic N) is 1. The van der Waals surface area contributed by atoms with Crippen LogP contribution in [0.3, 0.4) is 0 Å². The standard InChI is InChI=1S/C21H32N2O5S/c1-16(2)28-20-11-10-18(29(25,26)23-12-6-3-7-13-23)14-19(20)22-21(24)15-27-17-8-4-5-9-17/h10-11,14,16-17H,3-9,12-13,15H2,1-2H3,(H,22,24). The van der Waals surface area contributed by atoms with E-state index in [1.165, 1.54) is 10.4 Å². The molecule has 1 aromatic rings. The lowest BCUT2D eigenvalue weighted by molar-refractivity contribution is -0.122. The van der Waals surface area contributed by atoms with Gasteiger partial charge in [-0.25, -0.2) is 8.42 Å². The summed E-state index contributed by atoms with van der Waals surface area (Å²) < 4.78 is 39.0. The molecule has 29 heavy (non-hydrogen) atoms. The van der Waals surface area contributed by atoms with Gasteiger partial charge in [0.1, 0.15) is 12.4 Å². The van der Waals surface area contributed by atoms with Gasteiger partial charge in [0.2, 0.25) is 15.9 Å². The number of piperidine rings is 1. The molecule has 0 atom stereocenters. The van der Waals surface area contributed by atoms with Gasteiger partial charge >= 0.3 is 0 Å². The monoisotopic (exact) mass is 424 g/mol. The first-order valence-electron chi connectivity index (χ1n) is 10.6. The normalized spacial score (nSPS) is 18.9. The Kier molecular flexibility index (Phi) is 7.54. The van der Waals surface area contributed by atoms with Gasteiger partial charge in [0.15, 0.2) is 0 Å². The fourth-order valence-electron chi connectivity index (χ4n) is 3.81. The maximum atomic E-state index is 13.0. The highest BCUT2D eigenvalue weighted by Gasteiger charge is 2.27. The van der Waals surface area contributed by atoms with E-state index in [4.69, 9.17) is 9.47 Å². The first-order chi connectivity index (χ1) is 13.9. The maximum Gasteiger partial charge on any atom is 0.250 e. The average Bonchev–Trinajstić information content (AvgIpc) is 3.21. The van der Waals surface area contributed by atoms with Crippen LogP contribution in [0.4, 0.5) is 5.69 Å². The van der Waals surface area contributed by atoms with Gasteiger partial charge in [-0.2, -0.15) is 4.31 Å². The summed E-state index contributed by atoms with van der Waals surface area (Å²) in [7, 11) is -3.60. The van der Waals surface area contributed by atoms with Gasteiger partial charge in [0.25, 0.3) is 0 Å².